The zero-order chi connectivity index (χ0) is 17.6. The molecular weight excluding hydrogens is 451 g/mol. The molecule has 148 valence electrons. The summed E-state index contributed by atoms with van der Waals surface area (Å²) in [4.78, 5) is 6.52. The van der Waals surface area contributed by atoms with Crippen LogP contribution in [0, 0.1) is 11.3 Å². The Morgan fingerprint density at radius 2 is 1.84 bits per heavy atom. The summed E-state index contributed by atoms with van der Waals surface area (Å²) in [5.74, 6) is 2.17. The summed E-state index contributed by atoms with van der Waals surface area (Å²) in [6.07, 6.45) is 5.26. The van der Waals surface area contributed by atoms with Crippen molar-refractivity contribution in [1.29, 1.82) is 0 Å². The lowest BCUT2D eigenvalue weighted by Gasteiger charge is -2.43. The van der Waals surface area contributed by atoms with Crippen LogP contribution in [0.1, 0.15) is 39.5 Å². The minimum absolute atomic E-state index is 0. The average molecular weight is 486 g/mol. The predicted octanol–water partition coefficient (Wildman–Crippen LogP) is 1.72. The third-order valence-corrected chi connectivity index (χ3v) is 6.88. The molecule has 1 aliphatic heterocycles. The Balaban J connectivity index is 0.00000312. The second-order valence-corrected chi connectivity index (χ2v) is 10.1. The van der Waals surface area contributed by atoms with E-state index in [9.17, 15) is 8.42 Å². The Bertz CT molecular complexity index is 519. The van der Waals surface area contributed by atoms with Crippen molar-refractivity contribution in [3.8, 4) is 0 Å². The predicted molar refractivity (Wildman–Crippen MR) is 116 cm³/mol. The molecule has 0 atom stereocenters. The minimum atomic E-state index is -2.79. The van der Waals surface area contributed by atoms with Gasteiger partial charge in [-0.15, -0.1) is 24.0 Å². The van der Waals surface area contributed by atoms with E-state index in [4.69, 9.17) is 0 Å². The molecule has 2 rings (SSSR count). The Morgan fingerprint density at radius 1 is 1.20 bits per heavy atom. The molecule has 2 aliphatic rings. The van der Waals surface area contributed by atoms with Gasteiger partial charge in [-0.25, -0.2) is 8.42 Å². The van der Waals surface area contributed by atoms with Gasteiger partial charge in [0.05, 0.1) is 11.5 Å². The van der Waals surface area contributed by atoms with E-state index in [2.05, 4.69) is 34.4 Å². The molecule has 0 amide bonds. The molecule has 1 saturated carbocycles. The maximum Gasteiger partial charge on any atom is 0.191 e. The van der Waals surface area contributed by atoms with Crippen LogP contribution >= 0.6 is 24.0 Å². The molecule has 1 heterocycles. The van der Waals surface area contributed by atoms with E-state index >= 15 is 0 Å². The van der Waals surface area contributed by atoms with Gasteiger partial charge in [-0.2, -0.15) is 0 Å². The zero-order valence-electron chi connectivity index (χ0n) is 15.9. The maximum absolute atomic E-state index is 11.4. The lowest BCUT2D eigenvalue weighted by atomic mass is 9.64. The van der Waals surface area contributed by atoms with Crippen LogP contribution in [0.5, 0.6) is 0 Å². The van der Waals surface area contributed by atoms with Gasteiger partial charge in [0.15, 0.2) is 15.8 Å². The van der Waals surface area contributed by atoms with E-state index in [1.807, 2.05) is 0 Å². The standard InChI is InChI=1S/C17H34N4O2S.HI/c1-15(2)13-17(5-4-6-17)14-20-16(18-3)19-7-8-21-9-11-24(22,23)12-10-21;/h15H,4-14H2,1-3H3,(H2,18,19,20);1H. The molecule has 2 fully saturated rings. The van der Waals surface area contributed by atoms with E-state index in [1.165, 1.54) is 25.7 Å². The summed E-state index contributed by atoms with van der Waals surface area (Å²) in [7, 11) is -0.987. The molecule has 8 heteroatoms. The fraction of sp³-hybridized carbons (Fsp3) is 0.941. The van der Waals surface area contributed by atoms with Crippen molar-refractivity contribution in [2.75, 3.05) is 51.3 Å². The number of nitrogens with zero attached hydrogens (tertiary/aromatic N) is 2. The summed E-state index contributed by atoms with van der Waals surface area (Å²) >= 11 is 0. The van der Waals surface area contributed by atoms with Crippen molar-refractivity contribution in [3.05, 3.63) is 0 Å². The second kappa shape index (κ2) is 10.3. The molecule has 0 unspecified atom stereocenters. The van der Waals surface area contributed by atoms with Crippen molar-refractivity contribution in [1.82, 2.24) is 15.5 Å². The molecule has 2 N–H and O–H groups in total. The number of hydrogen-bond donors (Lipinski definition) is 2. The van der Waals surface area contributed by atoms with Gasteiger partial charge in [0.25, 0.3) is 0 Å². The van der Waals surface area contributed by atoms with E-state index in [0.29, 0.717) is 18.5 Å². The van der Waals surface area contributed by atoms with Gasteiger partial charge in [0.2, 0.25) is 0 Å². The van der Waals surface area contributed by atoms with Crippen LogP contribution in [0.15, 0.2) is 4.99 Å². The first-order valence-corrected chi connectivity index (χ1v) is 11.0. The molecule has 0 aromatic rings. The second-order valence-electron chi connectivity index (χ2n) is 7.80. The average Bonchev–Trinajstić information content (AvgIpc) is 2.48. The largest absolute Gasteiger partial charge is 0.356 e. The molecule has 0 aromatic carbocycles. The highest BCUT2D eigenvalue weighted by atomic mass is 127. The smallest absolute Gasteiger partial charge is 0.191 e. The van der Waals surface area contributed by atoms with Crippen molar-refractivity contribution < 1.29 is 8.42 Å². The van der Waals surface area contributed by atoms with Gasteiger partial charge in [0, 0.05) is 39.8 Å². The SMILES string of the molecule is CN=C(NCCN1CCS(=O)(=O)CC1)NCC1(CC(C)C)CCC1.I. The summed E-state index contributed by atoms with van der Waals surface area (Å²) in [6.45, 7) is 8.52. The van der Waals surface area contributed by atoms with Gasteiger partial charge < -0.3 is 10.6 Å². The first-order valence-electron chi connectivity index (χ1n) is 9.21. The lowest BCUT2D eigenvalue weighted by Crippen LogP contribution is -2.49. The highest BCUT2D eigenvalue weighted by Gasteiger charge is 2.37. The molecule has 1 aliphatic carbocycles. The number of hydrogen-bond acceptors (Lipinski definition) is 4. The summed E-state index contributed by atoms with van der Waals surface area (Å²) in [5, 5.41) is 6.85. The number of halogens is 1. The first-order chi connectivity index (χ1) is 11.3. The van der Waals surface area contributed by atoms with Crippen LogP contribution in [0.2, 0.25) is 0 Å². The zero-order valence-corrected chi connectivity index (χ0v) is 19.0. The minimum Gasteiger partial charge on any atom is -0.356 e. The van der Waals surface area contributed by atoms with Crippen LogP contribution < -0.4 is 10.6 Å². The quantitative estimate of drug-likeness (QED) is 0.326. The van der Waals surface area contributed by atoms with Crippen LogP contribution in [0.25, 0.3) is 0 Å². The summed E-state index contributed by atoms with van der Waals surface area (Å²) in [5.41, 5.74) is 0.451. The number of guanidine groups is 1. The van der Waals surface area contributed by atoms with E-state index in [0.717, 1.165) is 31.5 Å². The van der Waals surface area contributed by atoms with E-state index in [1.54, 1.807) is 7.05 Å². The van der Waals surface area contributed by atoms with Gasteiger partial charge in [-0.1, -0.05) is 20.3 Å². The topological polar surface area (TPSA) is 73.8 Å². The Labute approximate surface area is 170 Å². The third-order valence-electron chi connectivity index (χ3n) is 5.27. The van der Waals surface area contributed by atoms with Gasteiger partial charge in [-0.05, 0) is 30.6 Å². The number of aliphatic imine (C=N–C) groups is 1. The number of sulfone groups is 1. The van der Waals surface area contributed by atoms with E-state index < -0.39 is 9.84 Å². The van der Waals surface area contributed by atoms with Crippen LogP contribution in [0.3, 0.4) is 0 Å². The monoisotopic (exact) mass is 486 g/mol. The molecule has 25 heavy (non-hydrogen) atoms. The fourth-order valence-corrected chi connectivity index (χ4v) is 5.07. The van der Waals surface area contributed by atoms with Crippen LogP contribution in [-0.2, 0) is 9.84 Å². The summed E-state index contributed by atoms with van der Waals surface area (Å²) < 4.78 is 22.9. The highest BCUT2D eigenvalue weighted by Crippen LogP contribution is 2.45. The fourth-order valence-electron chi connectivity index (χ4n) is 3.79. The molecule has 1 saturated heterocycles. The number of rotatable bonds is 7. The highest BCUT2D eigenvalue weighted by molar-refractivity contribution is 14.0. The molecule has 6 nitrogen and oxygen atoms in total. The van der Waals surface area contributed by atoms with Crippen molar-refractivity contribution in [2.24, 2.45) is 16.3 Å². The van der Waals surface area contributed by atoms with Gasteiger partial charge in [0.1, 0.15) is 0 Å². The van der Waals surface area contributed by atoms with Crippen LogP contribution in [0.4, 0.5) is 0 Å². The maximum atomic E-state index is 11.4. The van der Waals surface area contributed by atoms with Crippen molar-refractivity contribution in [3.63, 3.8) is 0 Å². The Kier molecular flexibility index (Phi) is 9.45. The molecule has 0 aromatic heterocycles. The van der Waals surface area contributed by atoms with Crippen LogP contribution in [-0.4, -0.2) is 70.6 Å². The van der Waals surface area contributed by atoms with Gasteiger partial charge in [-0.3, -0.25) is 9.89 Å². The van der Waals surface area contributed by atoms with Crippen molar-refractivity contribution in [2.45, 2.75) is 39.5 Å². The number of nitrogens with one attached hydrogen (secondary N) is 2. The Hall–Kier alpha value is -0.0900. The third kappa shape index (κ3) is 7.58. The Morgan fingerprint density at radius 3 is 2.32 bits per heavy atom. The van der Waals surface area contributed by atoms with Gasteiger partial charge >= 0.3 is 0 Å². The molecule has 0 spiro atoms. The first kappa shape index (κ1) is 23.0. The molecular formula is C17H35IN4O2S. The van der Waals surface area contributed by atoms with Crippen molar-refractivity contribution >= 4 is 39.8 Å². The van der Waals surface area contributed by atoms with E-state index in [-0.39, 0.29) is 35.5 Å². The lowest BCUT2D eigenvalue weighted by molar-refractivity contribution is 0.104. The molecule has 0 bridgehead atoms. The summed E-state index contributed by atoms with van der Waals surface area (Å²) in [6, 6.07) is 0. The molecule has 0 radical (unpaired) electrons. The normalized spacial score (nSPS) is 22.8.